The Labute approximate surface area is 126 Å². The Bertz CT molecular complexity index is 632. The van der Waals surface area contributed by atoms with Gasteiger partial charge in [-0.05, 0) is 6.42 Å². The van der Waals surface area contributed by atoms with Crippen molar-refractivity contribution >= 4 is 17.3 Å². The van der Waals surface area contributed by atoms with Crippen LogP contribution in [0.2, 0.25) is 5.02 Å². The van der Waals surface area contributed by atoms with Crippen LogP contribution < -0.4 is 14.8 Å². The van der Waals surface area contributed by atoms with E-state index in [4.69, 9.17) is 26.2 Å². The number of hydrogen-bond acceptors (Lipinski definition) is 6. The summed E-state index contributed by atoms with van der Waals surface area (Å²) in [5.74, 6) is 1.33. The van der Waals surface area contributed by atoms with Crippen LogP contribution in [0.3, 0.4) is 0 Å². The molecule has 0 radical (unpaired) electrons. The molecular formula is C13H15ClN4O3. The van der Waals surface area contributed by atoms with Crippen LogP contribution in [0.5, 0.6) is 11.5 Å². The molecule has 2 N–H and O–H groups in total. The maximum absolute atomic E-state index is 8.78. The van der Waals surface area contributed by atoms with E-state index in [1.54, 1.807) is 16.8 Å². The van der Waals surface area contributed by atoms with Gasteiger partial charge in [0.15, 0.2) is 11.5 Å². The van der Waals surface area contributed by atoms with E-state index >= 15 is 0 Å². The predicted molar refractivity (Wildman–Crippen MR) is 76.6 cm³/mol. The molecule has 3 rings (SSSR count). The highest BCUT2D eigenvalue weighted by molar-refractivity contribution is 6.33. The molecule has 7 nitrogen and oxygen atoms in total. The summed E-state index contributed by atoms with van der Waals surface area (Å²) in [6.07, 6.45) is 2.49. The number of aliphatic hydroxyl groups is 1. The molecule has 2 aromatic rings. The second-order valence-electron chi connectivity index (χ2n) is 4.59. The summed E-state index contributed by atoms with van der Waals surface area (Å²) in [5.41, 5.74) is 1.55. The Kier molecular flexibility index (Phi) is 4.12. The molecule has 1 aromatic heterocycles. The van der Waals surface area contributed by atoms with E-state index in [9.17, 15) is 0 Å². The number of hydrogen-bond donors (Lipinski definition) is 2. The van der Waals surface area contributed by atoms with Gasteiger partial charge < -0.3 is 19.9 Å². The van der Waals surface area contributed by atoms with Gasteiger partial charge in [0.05, 0.1) is 23.5 Å². The number of nitrogens with one attached hydrogen (secondary N) is 1. The summed E-state index contributed by atoms with van der Waals surface area (Å²) < 4.78 is 12.3. The lowest BCUT2D eigenvalue weighted by atomic mass is 10.2. The summed E-state index contributed by atoms with van der Waals surface area (Å²) in [6, 6.07) is 3.53. The van der Waals surface area contributed by atoms with Crippen LogP contribution in [-0.2, 0) is 13.1 Å². The minimum absolute atomic E-state index is 0.139. The Balaban J connectivity index is 1.63. The zero-order valence-corrected chi connectivity index (χ0v) is 12.0. The van der Waals surface area contributed by atoms with Crippen molar-refractivity contribution in [3.8, 4) is 11.5 Å². The third-order valence-corrected chi connectivity index (χ3v) is 3.37. The van der Waals surface area contributed by atoms with E-state index in [0.29, 0.717) is 36.0 Å². The molecular weight excluding hydrogens is 296 g/mol. The van der Waals surface area contributed by atoms with Gasteiger partial charge in [-0.25, -0.2) is 0 Å². The molecule has 0 unspecified atom stereocenters. The average Bonchev–Trinajstić information content (AvgIpc) is 3.11. The van der Waals surface area contributed by atoms with Crippen LogP contribution >= 0.6 is 11.6 Å². The number of fused-ring (bicyclic) bond motifs is 1. The topological polar surface area (TPSA) is 81.4 Å². The second kappa shape index (κ2) is 6.19. The highest BCUT2D eigenvalue weighted by Gasteiger charge is 2.16. The number of aryl methyl sites for hydroxylation is 1. The lowest BCUT2D eigenvalue weighted by Gasteiger charge is -2.07. The highest BCUT2D eigenvalue weighted by atomic mass is 35.5. The van der Waals surface area contributed by atoms with Gasteiger partial charge in [0.25, 0.3) is 0 Å². The zero-order chi connectivity index (χ0) is 14.7. The predicted octanol–water partition coefficient (Wildman–Crippen LogP) is 1.65. The van der Waals surface area contributed by atoms with E-state index in [-0.39, 0.29) is 13.4 Å². The Morgan fingerprint density at radius 3 is 2.95 bits per heavy atom. The highest BCUT2D eigenvalue weighted by Crippen LogP contribution is 2.39. The van der Waals surface area contributed by atoms with Crippen molar-refractivity contribution in [1.29, 1.82) is 0 Å². The minimum atomic E-state index is 0.139. The van der Waals surface area contributed by atoms with Gasteiger partial charge in [-0.15, -0.1) is 5.10 Å². The lowest BCUT2D eigenvalue weighted by Crippen LogP contribution is -2.01. The van der Waals surface area contributed by atoms with Crippen molar-refractivity contribution in [2.24, 2.45) is 0 Å². The van der Waals surface area contributed by atoms with Crippen molar-refractivity contribution in [1.82, 2.24) is 15.0 Å². The second-order valence-corrected chi connectivity index (χ2v) is 5.00. The summed E-state index contributed by atoms with van der Waals surface area (Å²) in [5, 5.41) is 20.6. The maximum atomic E-state index is 8.78. The van der Waals surface area contributed by atoms with Gasteiger partial charge in [-0.1, -0.05) is 16.8 Å². The number of halogens is 1. The van der Waals surface area contributed by atoms with Gasteiger partial charge in [0.1, 0.15) is 5.69 Å². The van der Waals surface area contributed by atoms with E-state index in [0.717, 1.165) is 11.4 Å². The van der Waals surface area contributed by atoms with Crippen LogP contribution in [0.4, 0.5) is 5.69 Å². The van der Waals surface area contributed by atoms with Gasteiger partial charge in [-0.2, -0.15) is 0 Å². The molecule has 0 bridgehead atoms. The fraction of sp³-hybridized carbons (Fsp3) is 0.385. The largest absolute Gasteiger partial charge is 0.454 e. The van der Waals surface area contributed by atoms with Crippen molar-refractivity contribution in [3.05, 3.63) is 29.0 Å². The molecule has 112 valence electrons. The molecule has 0 atom stereocenters. The zero-order valence-electron chi connectivity index (χ0n) is 11.3. The number of aromatic nitrogens is 3. The van der Waals surface area contributed by atoms with E-state index < -0.39 is 0 Å². The molecule has 0 fully saturated rings. The smallest absolute Gasteiger partial charge is 0.231 e. The van der Waals surface area contributed by atoms with E-state index in [2.05, 4.69) is 15.6 Å². The molecule has 1 aliphatic heterocycles. The molecule has 0 aliphatic carbocycles. The van der Waals surface area contributed by atoms with Crippen LogP contribution in [0.1, 0.15) is 12.1 Å². The summed E-state index contributed by atoms with van der Waals surface area (Å²) in [4.78, 5) is 0. The van der Waals surface area contributed by atoms with Crippen molar-refractivity contribution in [3.63, 3.8) is 0 Å². The van der Waals surface area contributed by atoms with Crippen LogP contribution in [0.25, 0.3) is 0 Å². The SMILES string of the molecule is OCCCn1cc(CNc2cc3c(cc2Cl)OCO3)nn1. The van der Waals surface area contributed by atoms with Gasteiger partial charge in [0.2, 0.25) is 6.79 Å². The average molecular weight is 311 g/mol. The number of benzene rings is 1. The molecule has 0 spiro atoms. The lowest BCUT2D eigenvalue weighted by molar-refractivity contribution is 0.174. The molecule has 0 saturated carbocycles. The number of aliphatic hydroxyl groups excluding tert-OH is 1. The maximum Gasteiger partial charge on any atom is 0.231 e. The fourth-order valence-electron chi connectivity index (χ4n) is 2.00. The number of rotatable bonds is 6. The summed E-state index contributed by atoms with van der Waals surface area (Å²) in [7, 11) is 0. The van der Waals surface area contributed by atoms with Crippen LogP contribution in [0, 0.1) is 0 Å². The fourth-order valence-corrected chi connectivity index (χ4v) is 2.22. The van der Waals surface area contributed by atoms with E-state index in [1.165, 1.54) is 0 Å². The van der Waals surface area contributed by atoms with Crippen LogP contribution in [0.15, 0.2) is 18.3 Å². The van der Waals surface area contributed by atoms with Crippen molar-refractivity contribution in [2.45, 2.75) is 19.5 Å². The standard InChI is InChI=1S/C13H15ClN4O3/c14-10-4-12-13(21-8-20-12)5-11(10)15-6-9-7-18(17-16-9)2-1-3-19/h4-5,7,15,19H,1-3,6,8H2. The number of nitrogens with zero attached hydrogens (tertiary/aromatic N) is 3. The molecule has 2 heterocycles. The molecule has 8 heteroatoms. The monoisotopic (exact) mass is 310 g/mol. The number of ether oxygens (including phenoxy) is 2. The first kappa shape index (κ1) is 14.0. The molecule has 21 heavy (non-hydrogen) atoms. The minimum Gasteiger partial charge on any atom is -0.454 e. The third-order valence-electron chi connectivity index (χ3n) is 3.05. The summed E-state index contributed by atoms with van der Waals surface area (Å²) >= 11 is 6.18. The van der Waals surface area contributed by atoms with Gasteiger partial charge >= 0.3 is 0 Å². The van der Waals surface area contributed by atoms with Gasteiger partial charge in [-0.3, -0.25) is 4.68 Å². The van der Waals surface area contributed by atoms with E-state index in [1.807, 2.05) is 6.20 Å². The molecule has 1 aliphatic rings. The normalized spacial score (nSPS) is 12.7. The third kappa shape index (κ3) is 3.20. The summed E-state index contributed by atoms with van der Waals surface area (Å²) in [6.45, 7) is 1.50. The van der Waals surface area contributed by atoms with Crippen molar-refractivity contribution < 1.29 is 14.6 Å². The van der Waals surface area contributed by atoms with Gasteiger partial charge in [0, 0.05) is 25.3 Å². The first-order chi connectivity index (χ1) is 10.3. The Morgan fingerprint density at radius 1 is 1.33 bits per heavy atom. The molecule has 0 amide bonds. The Hall–Kier alpha value is -1.99. The molecule has 0 saturated heterocycles. The number of anilines is 1. The quantitative estimate of drug-likeness (QED) is 0.844. The van der Waals surface area contributed by atoms with Crippen LogP contribution in [-0.4, -0.2) is 33.5 Å². The molecule has 1 aromatic carbocycles. The van der Waals surface area contributed by atoms with Crippen molar-refractivity contribution in [2.75, 3.05) is 18.7 Å². The Morgan fingerprint density at radius 2 is 2.14 bits per heavy atom. The first-order valence-electron chi connectivity index (χ1n) is 6.59. The first-order valence-corrected chi connectivity index (χ1v) is 6.97.